The molecule has 0 saturated carbocycles. The standard InChI is InChI=1S/C23H17F2N7O4S/c1-31-13-18(29-22(33)17-12-28-32-10-2-7-27-21(17)32)20(30-31)16-11-15(3-4-19(16)36-23(24)25)37(34,35)14-5-8-26-9-6-14/h2-13,23H,1H3,(H,29,33). The number of carbonyl (C=O) groups is 1. The fourth-order valence-corrected chi connectivity index (χ4v) is 4.94. The van der Waals surface area contributed by atoms with E-state index in [1.165, 1.54) is 58.4 Å². The van der Waals surface area contributed by atoms with Gasteiger partial charge in [-0.05, 0) is 36.4 Å². The van der Waals surface area contributed by atoms with Gasteiger partial charge in [-0.25, -0.2) is 17.9 Å². The topological polar surface area (TPSA) is 133 Å². The molecule has 5 aromatic rings. The number of alkyl halides is 2. The minimum absolute atomic E-state index is 0.0164. The Bertz CT molecular complexity index is 1720. The molecule has 0 aliphatic heterocycles. The molecular formula is C23H17F2N7O4S. The highest BCUT2D eigenvalue weighted by Crippen LogP contribution is 2.38. The summed E-state index contributed by atoms with van der Waals surface area (Å²) in [5.41, 5.74) is 0.540. The van der Waals surface area contributed by atoms with Gasteiger partial charge in [0, 0.05) is 43.6 Å². The van der Waals surface area contributed by atoms with Crippen LogP contribution in [-0.4, -0.2) is 50.3 Å². The minimum atomic E-state index is -4.03. The summed E-state index contributed by atoms with van der Waals surface area (Å²) in [6, 6.07) is 7.72. The average Bonchev–Trinajstić information content (AvgIpc) is 3.47. The summed E-state index contributed by atoms with van der Waals surface area (Å²) in [6.07, 6.45) is 8.56. The zero-order valence-corrected chi connectivity index (χ0v) is 19.8. The molecule has 188 valence electrons. The Hall–Kier alpha value is -4.72. The summed E-state index contributed by atoms with van der Waals surface area (Å²) in [4.78, 5) is 20.8. The summed E-state index contributed by atoms with van der Waals surface area (Å²) >= 11 is 0. The number of amides is 1. The molecule has 1 aromatic carbocycles. The van der Waals surface area contributed by atoms with Crippen LogP contribution < -0.4 is 10.1 Å². The van der Waals surface area contributed by atoms with Crippen LogP contribution in [0.3, 0.4) is 0 Å². The number of anilines is 1. The molecule has 0 radical (unpaired) electrons. The van der Waals surface area contributed by atoms with Gasteiger partial charge in [-0.3, -0.25) is 14.5 Å². The van der Waals surface area contributed by atoms with E-state index < -0.39 is 22.4 Å². The number of pyridine rings is 1. The molecule has 0 fully saturated rings. The monoisotopic (exact) mass is 525 g/mol. The number of carbonyl (C=O) groups excluding carboxylic acids is 1. The summed E-state index contributed by atoms with van der Waals surface area (Å²) in [6.45, 7) is -3.19. The van der Waals surface area contributed by atoms with Crippen LogP contribution in [0.15, 0.2) is 83.4 Å². The summed E-state index contributed by atoms with van der Waals surface area (Å²) in [5.74, 6) is -0.907. The molecule has 1 amide bonds. The minimum Gasteiger partial charge on any atom is -0.434 e. The second-order valence-corrected chi connectivity index (χ2v) is 9.64. The van der Waals surface area contributed by atoms with E-state index in [0.29, 0.717) is 5.65 Å². The normalized spacial score (nSPS) is 11.7. The van der Waals surface area contributed by atoms with Crippen molar-refractivity contribution in [2.45, 2.75) is 16.4 Å². The van der Waals surface area contributed by atoms with Crippen LogP contribution in [0.4, 0.5) is 14.5 Å². The van der Waals surface area contributed by atoms with Crippen molar-refractivity contribution in [3.63, 3.8) is 0 Å². The second-order valence-electron chi connectivity index (χ2n) is 7.69. The van der Waals surface area contributed by atoms with E-state index in [1.807, 2.05) is 0 Å². The molecule has 0 bridgehead atoms. The number of halogens is 2. The van der Waals surface area contributed by atoms with Crippen LogP contribution in [0.5, 0.6) is 5.75 Å². The number of rotatable bonds is 7. The molecule has 4 aromatic heterocycles. The zero-order chi connectivity index (χ0) is 26.2. The van der Waals surface area contributed by atoms with E-state index >= 15 is 0 Å². The third-order valence-corrected chi connectivity index (χ3v) is 7.06. The van der Waals surface area contributed by atoms with E-state index in [0.717, 1.165) is 12.1 Å². The molecule has 37 heavy (non-hydrogen) atoms. The number of hydrogen-bond acceptors (Lipinski definition) is 8. The van der Waals surface area contributed by atoms with Crippen molar-refractivity contribution >= 4 is 27.1 Å². The van der Waals surface area contributed by atoms with Crippen molar-refractivity contribution < 1.29 is 26.7 Å². The number of nitrogens with one attached hydrogen (secondary N) is 1. The fourth-order valence-electron chi connectivity index (χ4n) is 3.67. The number of benzene rings is 1. The van der Waals surface area contributed by atoms with Gasteiger partial charge in [-0.2, -0.15) is 19.0 Å². The van der Waals surface area contributed by atoms with Gasteiger partial charge in [-0.1, -0.05) is 0 Å². The molecule has 0 atom stereocenters. The third kappa shape index (κ3) is 4.61. The first-order valence-electron chi connectivity index (χ1n) is 10.6. The maximum atomic E-state index is 13.2. The number of nitrogens with zero attached hydrogens (tertiary/aromatic N) is 6. The Balaban J connectivity index is 1.59. The third-order valence-electron chi connectivity index (χ3n) is 5.29. The predicted molar refractivity (Wildman–Crippen MR) is 126 cm³/mol. The number of ether oxygens (including phenoxy) is 1. The van der Waals surface area contributed by atoms with Crippen molar-refractivity contribution in [1.82, 2.24) is 29.4 Å². The van der Waals surface area contributed by atoms with E-state index in [1.54, 1.807) is 19.3 Å². The molecule has 0 unspecified atom stereocenters. The van der Waals surface area contributed by atoms with E-state index in [-0.39, 0.29) is 38.0 Å². The van der Waals surface area contributed by atoms with Gasteiger partial charge in [-0.15, -0.1) is 0 Å². The number of hydrogen-bond donors (Lipinski definition) is 1. The van der Waals surface area contributed by atoms with Crippen LogP contribution in [0.2, 0.25) is 0 Å². The Morgan fingerprint density at radius 2 is 1.89 bits per heavy atom. The lowest BCUT2D eigenvalue weighted by Gasteiger charge is -2.13. The highest BCUT2D eigenvalue weighted by atomic mass is 32.2. The molecule has 14 heteroatoms. The molecule has 5 rings (SSSR count). The first-order valence-corrected chi connectivity index (χ1v) is 12.1. The fraction of sp³-hybridized carbons (Fsp3) is 0.0870. The van der Waals surface area contributed by atoms with Crippen molar-refractivity contribution in [3.8, 4) is 17.0 Å². The van der Waals surface area contributed by atoms with Crippen molar-refractivity contribution in [1.29, 1.82) is 0 Å². The lowest BCUT2D eigenvalue weighted by Crippen LogP contribution is -2.12. The molecule has 0 aliphatic carbocycles. The van der Waals surface area contributed by atoms with Crippen LogP contribution >= 0.6 is 0 Å². The lowest BCUT2D eigenvalue weighted by atomic mass is 10.1. The molecule has 1 N–H and O–H groups in total. The van der Waals surface area contributed by atoms with Gasteiger partial charge in [0.15, 0.2) is 5.65 Å². The van der Waals surface area contributed by atoms with Crippen LogP contribution in [-0.2, 0) is 16.9 Å². The molecule has 0 aliphatic rings. The first kappa shape index (κ1) is 24.0. The smallest absolute Gasteiger partial charge is 0.387 e. The number of aromatic nitrogens is 6. The zero-order valence-electron chi connectivity index (χ0n) is 19.0. The Kier molecular flexibility index (Phi) is 6.09. The van der Waals surface area contributed by atoms with Gasteiger partial charge in [0.1, 0.15) is 17.0 Å². The largest absolute Gasteiger partial charge is 0.434 e. The highest BCUT2D eigenvalue weighted by molar-refractivity contribution is 7.91. The van der Waals surface area contributed by atoms with Gasteiger partial charge >= 0.3 is 6.61 Å². The molecule has 4 heterocycles. The van der Waals surface area contributed by atoms with Gasteiger partial charge in [0.05, 0.1) is 21.7 Å². The quantitative estimate of drug-likeness (QED) is 0.343. The van der Waals surface area contributed by atoms with Crippen LogP contribution in [0.1, 0.15) is 10.4 Å². The number of sulfone groups is 1. The second kappa shape index (κ2) is 9.39. The molecule has 0 spiro atoms. The van der Waals surface area contributed by atoms with E-state index in [2.05, 4.69) is 30.2 Å². The van der Waals surface area contributed by atoms with Gasteiger partial charge in [0.2, 0.25) is 9.84 Å². The van der Waals surface area contributed by atoms with Crippen LogP contribution in [0.25, 0.3) is 16.9 Å². The van der Waals surface area contributed by atoms with Gasteiger partial charge < -0.3 is 10.1 Å². The Morgan fingerprint density at radius 3 is 2.65 bits per heavy atom. The maximum Gasteiger partial charge on any atom is 0.387 e. The summed E-state index contributed by atoms with van der Waals surface area (Å²) < 4.78 is 60.2. The highest BCUT2D eigenvalue weighted by Gasteiger charge is 2.25. The van der Waals surface area contributed by atoms with Crippen molar-refractivity contribution in [2.24, 2.45) is 7.05 Å². The Labute approximate surface area is 208 Å². The van der Waals surface area contributed by atoms with Crippen molar-refractivity contribution in [2.75, 3.05) is 5.32 Å². The lowest BCUT2D eigenvalue weighted by molar-refractivity contribution is -0.0494. The summed E-state index contributed by atoms with van der Waals surface area (Å²) in [5, 5.41) is 11.0. The van der Waals surface area contributed by atoms with Gasteiger partial charge in [0.25, 0.3) is 5.91 Å². The molecule has 11 nitrogen and oxygen atoms in total. The summed E-state index contributed by atoms with van der Waals surface area (Å²) in [7, 11) is -2.47. The van der Waals surface area contributed by atoms with E-state index in [4.69, 9.17) is 0 Å². The van der Waals surface area contributed by atoms with Crippen molar-refractivity contribution in [3.05, 3.63) is 79.1 Å². The van der Waals surface area contributed by atoms with Crippen LogP contribution in [0, 0.1) is 0 Å². The SMILES string of the molecule is Cn1cc(NC(=O)c2cnn3cccnc23)c(-c2cc(S(=O)(=O)c3ccncc3)ccc2OC(F)F)n1. The maximum absolute atomic E-state index is 13.2. The predicted octanol–water partition coefficient (Wildman–Crippen LogP) is 3.21. The number of aryl methyl sites for hydroxylation is 1. The molecular weight excluding hydrogens is 508 g/mol. The average molecular weight is 525 g/mol. The molecule has 0 saturated heterocycles. The first-order chi connectivity index (χ1) is 17.7. The van der Waals surface area contributed by atoms with E-state index in [9.17, 15) is 22.0 Å². The number of fused-ring (bicyclic) bond motifs is 1. The Morgan fingerprint density at radius 1 is 1.11 bits per heavy atom.